The summed E-state index contributed by atoms with van der Waals surface area (Å²) in [5.41, 5.74) is 2.11. The number of nitrogens with one attached hydrogen (secondary N) is 1. The van der Waals surface area contributed by atoms with Crippen molar-refractivity contribution in [1.29, 1.82) is 0 Å². The average Bonchev–Trinajstić information content (AvgIpc) is 3.23. The fraction of sp³-hybridized carbons (Fsp3) is 0.125. The number of aromatic nitrogens is 1. The topological polar surface area (TPSA) is 106 Å². The van der Waals surface area contributed by atoms with Crippen LogP contribution in [0.1, 0.15) is 15.9 Å². The van der Waals surface area contributed by atoms with Gasteiger partial charge in [-0.1, -0.05) is 47.7 Å². The lowest BCUT2D eigenvalue weighted by Gasteiger charge is -2.20. The fourth-order valence-corrected chi connectivity index (χ4v) is 5.59. The van der Waals surface area contributed by atoms with Gasteiger partial charge in [0.25, 0.3) is 15.9 Å². The molecule has 1 aromatic heterocycles. The number of ether oxygens (including phenoxy) is 1. The lowest BCUT2D eigenvalue weighted by Crippen LogP contribution is -2.28. The highest BCUT2D eigenvalue weighted by Crippen LogP contribution is 2.27. The summed E-state index contributed by atoms with van der Waals surface area (Å²) in [5.74, 6) is -1.50. The van der Waals surface area contributed by atoms with Crippen molar-refractivity contribution in [3.63, 3.8) is 0 Å². The molecule has 0 saturated carbocycles. The lowest BCUT2D eigenvalue weighted by atomic mass is 10.2. The molecule has 0 aliphatic carbocycles. The summed E-state index contributed by atoms with van der Waals surface area (Å²) in [5, 5.41) is 2.99. The van der Waals surface area contributed by atoms with E-state index in [1.165, 1.54) is 42.6 Å². The number of thiazole rings is 1. The third kappa shape index (κ3) is 4.92. The monoisotopic (exact) mass is 495 g/mol. The zero-order valence-electron chi connectivity index (χ0n) is 18.4. The molecule has 1 heterocycles. The van der Waals surface area contributed by atoms with Crippen molar-refractivity contribution in [3.8, 4) is 0 Å². The molecule has 1 N–H and O–H groups in total. The van der Waals surface area contributed by atoms with Gasteiger partial charge >= 0.3 is 5.97 Å². The number of amides is 1. The van der Waals surface area contributed by atoms with Gasteiger partial charge < -0.3 is 4.74 Å². The second-order valence-electron chi connectivity index (χ2n) is 7.42. The van der Waals surface area contributed by atoms with E-state index in [4.69, 9.17) is 4.74 Å². The zero-order valence-corrected chi connectivity index (χ0v) is 20.0. The first-order chi connectivity index (χ1) is 16.3. The number of hydrogen-bond donors (Lipinski definition) is 1. The quantitative estimate of drug-likeness (QED) is 0.385. The molecular weight excluding hydrogens is 474 g/mol. The number of aryl methyl sites for hydroxylation is 1. The third-order valence-electron chi connectivity index (χ3n) is 4.99. The number of carbonyl (C=O) groups excluding carboxylic acids is 2. The SMILES string of the molecule is Cc1ccc2nc(NC(=O)COC(=O)c3ccccc3S(=O)(=O)N(C)c3ccccc3)sc2c1. The predicted octanol–water partition coefficient (Wildman–Crippen LogP) is 4.23. The number of rotatable bonds is 7. The summed E-state index contributed by atoms with van der Waals surface area (Å²) in [4.78, 5) is 29.1. The molecule has 0 fully saturated rings. The van der Waals surface area contributed by atoms with Gasteiger partial charge in [0.05, 0.1) is 21.5 Å². The molecule has 174 valence electrons. The van der Waals surface area contributed by atoms with Gasteiger partial charge in [0, 0.05) is 7.05 Å². The maximum absolute atomic E-state index is 13.2. The van der Waals surface area contributed by atoms with Gasteiger partial charge in [-0.2, -0.15) is 0 Å². The van der Waals surface area contributed by atoms with E-state index < -0.39 is 28.5 Å². The van der Waals surface area contributed by atoms with Gasteiger partial charge in [-0.05, 0) is 48.9 Å². The van der Waals surface area contributed by atoms with E-state index in [0.717, 1.165) is 20.1 Å². The zero-order chi connectivity index (χ0) is 24.3. The smallest absolute Gasteiger partial charge is 0.340 e. The summed E-state index contributed by atoms with van der Waals surface area (Å²) in [6.45, 7) is 1.38. The molecule has 4 rings (SSSR count). The van der Waals surface area contributed by atoms with Gasteiger partial charge in [0.1, 0.15) is 4.90 Å². The van der Waals surface area contributed by atoms with E-state index in [0.29, 0.717) is 10.8 Å². The number of nitrogens with zero attached hydrogens (tertiary/aromatic N) is 2. The minimum absolute atomic E-state index is 0.159. The Kier molecular flexibility index (Phi) is 6.62. The molecule has 0 bridgehead atoms. The van der Waals surface area contributed by atoms with Gasteiger partial charge in [-0.3, -0.25) is 14.4 Å². The number of carbonyl (C=O) groups is 2. The Morgan fingerprint density at radius 3 is 2.50 bits per heavy atom. The number of esters is 1. The van der Waals surface area contributed by atoms with Gasteiger partial charge in [-0.25, -0.2) is 18.2 Å². The third-order valence-corrected chi connectivity index (χ3v) is 7.77. The number of anilines is 2. The Labute approximate surface area is 200 Å². The van der Waals surface area contributed by atoms with Crippen LogP contribution in [0.15, 0.2) is 77.7 Å². The Bertz CT molecular complexity index is 1470. The van der Waals surface area contributed by atoms with Crippen molar-refractivity contribution < 1.29 is 22.7 Å². The molecule has 0 radical (unpaired) electrons. The molecular formula is C24H21N3O5S2. The van der Waals surface area contributed by atoms with E-state index in [1.54, 1.807) is 30.3 Å². The Morgan fingerprint density at radius 2 is 1.74 bits per heavy atom. The molecule has 0 spiro atoms. The second-order valence-corrected chi connectivity index (χ2v) is 10.4. The highest BCUT2D eigenvalue weighted by Gasteiger charge is 2.27. The number of sulfonamides is 1. The van der Waals surface area contributed by atoms with Crippen molar-refractivity contribution >= 4 is 54.3 Å². The van der Waals surface area contributed by atoms with Crippen LogP contribution < -0.4 is 9.62 Å². The molecule has 8 nitrogen and oxygen atoms in total. The van der Waals surface area contributed by atoms with Crippen LogP contribution in [0.5, 0.6) is 0 Å². The van der Waals surface area contributed by atoms with Crippen molar-refractivity contribution in [3.05, 3.63) is 83.9 Å². The summed E-state index contributed by atoms with van der Waals surface area (Å²) < 4.78 is 33.5. The maximum Gasteiger partial charge on any atom is 0.340 e. The number of benzene rings is 3. The van der Waals surface area contributed by atoms with Gasteiger partial charge in [-0.15, -0.1) is 0 Å². The molecule has 0 saturated heterocycles. The maximum atomic E-state index is 13.2. The Balaban J connectivity index is 1.46. The van der Waals surface area contributed by atoms with Crippen LogP contribution >= 0.6 is 11.3 Å². The molecule has 0 unspecified atom stereocenters. The first-order valence-corrected chi connectivity index (χ1v) is 12.5. The van der Waals surface area contributed by atoms with Crippen LogP contribution in [0.3, 0.4) is 0 Å². The normalized spacial score (nSPS) is 11.2. The minimum atomic E-state index is -4.05. The standard InChI is InChI=1S/C24H21N3O5S2/c1-16-12-13-19-20(14-16)33-24(25-19)26-22(28)15-32-23(29)18-10-6-7-11-21(18)34(30,31)27(2)17-8-4-3-5-9-17/h3-14H,15H2,1-2H3,(H,25,26,28). The lowest BCUT2D eigenvalue weighted by molar-refractivity contribution is -0.119. The molecule has 0 aliphatic heterocycles. The molecule has 1 amide bonds. The fourth-order valence-electron chi connectivity index (χ4n) is 3.23. The summed E-state index contributed by atoms with van der Waals surface area (Å²) in [6.07, 6.45) is 0. The number of para-hydroxylation sites is 1. The average molecular weight is 496 g/mol. The minimum Gasteiger partial charge on any atom is -0.452 e. The van der Waals surface area contributed by atoms with Crippen molar-refractivity contribution in [2.45, 2.75) is 11.8 Å². The number of fused-ring (bicyclic) bond motifs is 1. The molecule has 10 heteroatoms. The van der Waals surface area contributed by atoms with E-state index in [9.17, 15) is 18.0 Å². The highest BCUT2D eigenvalue weighted by molar-refractivity contribution is 7.92. The van der Waals surface area contributed by atoms with E-state index >= 15 is 0 Å². The van der Waals surface area contributed by atoms with E-state index in [2.05, 4.69) is 10.3 Å². The summed E-state index contributed by atoms with van der Waals surface area (Å²) >= 11 is 1.31. The Hall–Kier alpha value is -3.76. The van der Waals surface area contributed by atoms with Crippen molar-refractivity contribution in [1.82, 2.24) is 4.98 Å². The predicted molar refractivity (Wildman–Crippen MR) is 132 cm³/mol. The van der Waals surface area contributed by atoms with Gasteiger partial charge in [0.15, 0.2) is 11.7 Å². The highest BCUT2D eigenvalue weighted by atomic mass is 32.2. The molecule has 0 aliphatic rings. The van der Waals surface area contributed by atoms with Gasteiger partial charge in [0.2, 0.25) is 0 Å². The molecule has 34 heavy (non-hydrogen) atoms. The molecule has 3 aromatic carbocycles. The van der Waals surface area contributed by atoms with Crippen molar-refractivity contribution in [2.75, 3.05) is 23.3 Å². The van der Waals surface area contributed by atoms with Crippen LogP contribution in [-0.2, 0) is 19.6 Å². The Morgan fingerprint density at radius 1 is 1.03 bits per heavy atom. The first-order valence-electron chi connectivity index (χ1n) is 10.2. The van der Waals surface area contributed by atoms with E-state index in [1.807, 2.05) is 25.1 Å². The largest absolute Gasteiger partial charge is 0.452 e. The molecule has 0 atom stereocenters. The van der Waals surface area contributed by atoms with Crippen LogP contribution in [0.4, 0.5) is 10.8 Å². The summed E-state index contributed by atoms with van der Waals surface area (Å²) in [6, 6.07) is 20.0. The van der Waals surface area contributed by atoms with Crippen LogP contribution in [0.2, 0.25) is 0 Å². The van der Waals surface area contributed by atoms with Crippen molar-refractivity contribution in [2.24, 2.45) is 0 Å². The molecule has 4 aromatic rings. The summed E-state index contributed by atoms with van der Waals surface area (Å²) in [7, 11) is -2.65. The van der Waals surface area contributed by atoms with E-state index in [-0.39, 0.29) is 10.5 Å². The second kappa shape index (κ2) is 9.62. The van der Waals surface area contributed by atoms with Crippen LogP contribution in [-0.4, -0.2) is 38.9 Å². The number of hydrogen-bond acceptors (Lipinski definition) is 7. The van der Waals surface area contributed by atoms with Crippen LogP contribution in [0.25, 0.3) is 10.2 Å². The first kappa shape index (κ1) is 23.4. The van der Waals surface area contributed by atoms with Crippen LogP contribution in [0, 0.1) is 6.92 Å².